The van der Waals surface area contributed by atoms with Crippen LogP contribution in [0.15, 0.2) is 18.2 Å². The van der Waals surface area contributed by atoms with Crippen LogP contribution in [0.3, 0.4) is 0 Å². The van der Waals surface area contributed by atoms with Crippen LogP contribution in [0.5, 0.6) is 11.5 Å². The molecule has 0 spiro atoms. The number of nitrogens with zero attached hydrogens (tertiary/aromatic N) is 1. The lowest BCUT2D eigenvalue weighted by atomic mass is 10.1. The second kappa shape index (κ2) is 8.03. The number of benzene rings is 1. The number of rotatable bonds is 8. The van der Waals surface area contributed by atoms with Crippen molar-refractivity contribution in [1.82, 2.24) is 10.2 Å². The Hall–Kier alpha value is -1.75. The van der Waals surface area contributed by atoms with Crippen molar-refractivity contribution in [2.75, 3.05) is 27.3 Å². The number of carbonyl (C=O) groups excluding carboxylic acids is 1. The maximum Gasteiger partial charge on any atom is 0.223 e. The van der Waals surface area contributed by atoms with Crippen molar-refractivity contribution in [1.29, 1.82) is 0 Å². The lowest BCUT2D eigenvalue weighted by Crippen LogP contribution is -2.34. The van der Waals surface area contributed by atoms with Gasteiger partial charge in [-0.2, -0.15) is 0 Å². The summed E-state index contributed by atoms with van der Waals surface area (Å²) < 4.78 is 10.6. The van der Waals surface area contributed by atoms with Crippen molar-refractivity contribution >= 4 is 5.91 Å². The van der Waals surface area contributed by atoms with Gasteiger partial charge < -0.3 is 19.7 Å². The van der Waals surface area contributed by atoms with E-state index in [1.807, 2.05) is 23.1 Å². The van der Waals surface area contributed by atoms with Gasteiger partial charge >= 0.3 is 0 Å². The van der Waals surface area contributed by atoms with Crippen LogP contribution in [0.2, 0.25) is 0 Å². The molecule has 1 amide bonds. The van der Waals surface area contributed by atoms with Crippen LogP contribution in [-0.2, 0) is 11.3 Å². The van der Waals surface area contributed by atoms with E-state index in [2.05, 4.69) is 12.2 Å². The largest absolute Gasteiger partial charge is 0.493 e. The number of hydrogen-bond donors (Lipinski definition) is 1. The Balaban J connectivity index is 2.05. The Morgan fingerprint density at radius 3 is 2.73 bits per heavy atom. The summed E-state index contributed by atoms with van der Waals surface area (Å²) in [4.78, 5) is 14.1. The molecule has 0 unspecified atom stereocenters. The highest BCUT2D eigenvalue weighted by molar-refractivity contribution is 5.78. The predicted molar refractivity (Wildman–Crippen MR) is 86.3 cm³/mol. The molecule has 5 nitrogen and oxygen atoms in total. The second-order valence-electron chi connectivity index (χ2n) is 5.55. The molecule has 122 valence electrons. The van der Waals surface area contributed by atoms with Gasteiger partial charge in [0, 0.05) is 19.0 Å². The summed E-state index contributed by atoms with van der Waals surface area (Å²) in [6.45, 7) is 4.66. The highest BCUT2D eigenvalue weighted by atomic mass is 16.5. The molecule has 0 radical (unpaired) electrons. The quantitative estimate of drug-likeness (QED) is 0.748. The summed E-state index contributed by atoms with van der Waals surface area (Å²) in [5, 5.41) is 3.33. The number of ether oxygens (including phenoxy) is 2. The highest BCUT2D eigenvalue weighted by Crippen LogP contribution is 2.30. The van der Waals surface area contributed by atoms with Crippen molar-refractivity contribution in [2.45, 2.75) is 38.8 Å². The fourth-order valence-electron chi connectivity index (χ4n) is 2.93. The smallest absolute Gasteiger partial charge is 0.223 e. The molecule has 1 aromatic carbocycles. The predicted octanol–water partition coefficient (Wildman–Crippen LogP) is 2.19. The topological polar surface area (TPSA) is 50.8 Å². The van der Waals surface area contributed by atoms with Gasteiger partial charge in [0.05, 0.1) is 14.2 Å². The van der Waals surface area contributed by atoms with Gasteiger partial charge in [0.25, 0.3) is 0 Å². The van der Waals surface area contributed by atoms with Crippen molar-refractivity contribution in [3.05, 3.63) is 23.8 Å². The second-order valence-corrected chi connectivity index (χ2v) is 5.55. The average Bonchev–Trinajstić information content (AvgIpc) is 2.88. The number of hydrogen-bond acceptors (Lipinski definition) is 4. The third-order valence-electron chi connectivity index (χ3n) is 4.16. The molecule has 1 heterocycles. The molecule has 1 saturated heterocycles. The summed E-state index contributed by atoms with van der Waals surface area (Å²) in [5.41, 5.74) is 1.07. The van der Waals surface area contributed by atoms with E-state index in [-0.39, 0.29) is 5.91 Å². The van der Waals surface area contributed by atoms with E-state index in [1.54, 1.807) is 14.2 Å². The first-order valence-electron chi connectivity index (χ1n) is 7.90. The van der Waals surface area contributed by atoms with E-state index < -0.39 is 0 Å². The zero-order valence-corrected chi connectivity index (χ0v) is 13.7. The Morgan fingerprint density at radius 2 is 2.05 bits per heavy atom. The van der Waals surface area contributed by atoms with E-state index in [0.29, 0.717) is 30.5 Å². The SMILES string of the molecule is CCNCC[C@@H]1CCC(=O)N1Cc1ccc(OC)c(OC)c1. The Kier molecular flexibility index (Phi) is 6.07. The monoisotopic (exact) mass is 306 g/mol. The summed E-state index contributed by atoms with van der Waals surface area (Å²) in [7, 11) is 3.25. The van der Waals surface area contributed by atoms with Gasteiger partial charge in [0.1, 0.15) is 0 Å². The zero-order chi connectivity index (χ0) is 15.9. The van der Waals surface area contributed by atoms with E-state index in [1.165, 1.54) is 0 Å². The maximum atomic E-state index is 12.1. The van der Waals surface area contributed by atoms with Crippen LogP contribution < -0.4 is 14.8 Å². The number of amides is 1. The minimum absolute atomic E-state index is 0.247. The minimum Gasteiger partial charge on any atom is -0.493 e. The fourth-order valence-corrected chi connectivity index (χ4v) is 2.93. The van der Waals surface area contributed by atoms with Crippen LogP contribution in [0.1, 0.15) is 31.7 Å². The Bertz CT molecular complexity index is 505. The van der Waals surface area contributed by atoms with Crippen molar-refractivity contribution in [3.63, 3.8) is 0 Å². The standard InChI is InChI=1S/C17H26N2O3/c1-4-18-10-9-14-6-8-17(20)19(14)12-13-5-7-15(21-2)16(11-13)22-3/h5,7,11,14,18H,4,6,8-10,12H2,1-3H3/t14-/m0/s1. The van der Waals surface area contributed by atoms with Crippen molar-refractivity contribution < 1.29 is 14.3 Å². The molecule has 0 saturated carbocycles. The van der Waals surface area contributed by atoms with Crippen LogP contribution in [0.4, 0.5) is 0 Å². The third-order valence-corrected chi connectivity index (χ3v) is 4.16. The molecule has 2 rings (SSSR count). The summed E-state index contributed by atoms with van der Waals surface area (Å²) in [6, 6.07) is 6.17. The van der Waals surface area contributed by atoms with Gasteiger partial charge in [0.2, 0.25) is 5.91 Å². The molecule has 0 bridgehead atoms. The molecule has 1 N–H and O–H groups in total. The van der Waals surface area contributed by atoms with Crippen LogP contribution in [-0.4, -0.2) is 44.2 Å². The molecule has 0 aromatic heterocycles. The first kappa shape index (κ1) is 16.6. The van der Waals surface area contributed by atoms with Gasteiger partial charge in [0.15, 0.2) is 11.5 Å². The van der Waals surface area contributed by atoms with Gasteiger partial charge in [-0.1, -0.05) is 13.0 Å². The van der Waals surface area contributed by atoms with Gasteiger partial charge in [-0.15, -0.1) is 0 Å². The Labute approximate surface area is 132 Å². The molecule has 1 fully saturated rings. The molecule has 0 aliphatic carbocycles. The van der Waals surface area contributed by atoms with E-state index in [0.717, 1.165) is 31.5 Å². The van der Waals surface area contributed by atoms with E-state index in [9.17, 15) is 4.79 Å². The van der Waals surface area contributed by atoms with Crippen LogP contribution >= 0.6 is 0 Å². The van der Waals surface area contributed by atoms with Crippen LogP contribution in [0, 0.1) is 0 Å². The summed E-state index contributed by atoms with van der Waals surface area (Å²) in [6.07, 6.45) is 2.62. The lowest BCUT2D eigenvalue weighted by molar-refractivity contribution is -0.129. The van der Waals surface area contributed by atoms with Gasteiger partial charge in [-0.25, -0.2) is 0 Å². The first-order valence-corrected chi connectivity index (χ1v) is 7.90. The molecule has 1 aromatic rings. The lowest BCUT2D eigenvalue weighted by Gasteiger charge is -2.25. The summed E-state index contributed by atoms with van der Waals surface area (Å²) >= 11 is 0. The molecule has 5 heteroatoms. The normalized spacial score (nSPS) is 17.9. The van der Waals surface area contributed by atoms with Gasteiger partial charge in [-0.05, 0) is 43.6 Å². The number of carbonyl (C=O) groups is 1. The van der Waals surface area contributed by atoms with Crippen LogP contribution in [0.25, 0.3) is 0 Å². The molecule has 1 aliphatic heterocycles. The van der Waals surface area contributed by atoms with E-state index >= 15 is 0 Å². The van der Waals surface area contributed by atoms with Gasteiger partial charge in [-0.3, -0.25) is 4.79 Å². The molecular weight excluding hydrogens is 280 g/mol. The number of likely N-dealkylation sites (tertiary alicyclic amines) is 1. The molecule has 22 heavy (non-hydrogen) atoms. The van der Waals surface area contributed by atoms with Crippen molar-refractivity contribution in [3.8, 4) is 11.5 Å². The fraction of sp³-hybridized carbons (Fsp3) is 0.588. The molecular formula is C17H26N2O3. The highest BCUT2D eigenvalue weighted by Gasteiger charge is 2.30. The average molecular weight is 306 g/mol. The number of nitrogens with one attached hydrogen (secondary N) is 1. The van der Waals surface area contributed by atoms with Crippen molar-refractivity contribution in [2.24, 2.45) is 0 Å². The third kappa shape index (κ3) is 3.91. The number of methoxy groups -OCH3 is 2. The maximum absolute atomic E-state index is 12.1. The van der Waals surface area contributed by atoms with E-state index in [4.69, 9.17) is 9.47 Å². The Morgan fingerprint density at radius 1 is 1.27 bits per heavy atom. The summed E-state index contributed by atoms with van der Waals surface area (Å²) in [5.74, 6) is 1.66. The zero-order valence-electron chi connectivity index (χ0n) is 13.7. The molecule has 1 aliphatic rings. The first-order chi connectivity index (χ1) is 10.7. The molecule has 1 atom stereocenters. The minimum atomic E-state index is 0.247.